The third kappa shape index (κ3) is 2.09. The summed E-state index contributed by atoms with van der Waals surface area (Å²) in [6.45, 7) is 1.62. The van der Waals surface area contributed by atoms with Gasteiger partial charge in [0.15, 0.2) is 0 Å². The predicted octanol–water partition coefficient (Wildman–Crippen LogP) is 1.87. The van der Waals surface area contributed by atoms with Crippen LogP contribution in [0, 0.1) is 18.3 Å². The van der Waals surface area contributed by atoms with E-state index in [9.17, 15) is 15.2 Å². The topological polar surface area (TPSA) is 109 Å². The lowest BCUT2D eigenvalue weighted by Gasteiger charge is -2.25. The van der Waals surface area contributed by atoms with Crippen LogP contribution in [0.25, 0.3) is 0 Å². The number of allylic oxidation sites excluding steroid dienone is 1. The van der Waals surface area contributed by atoms with Crippen LogP contribution in [0.3, 0.4) is 0 Å². The Balaban J connectivity index is 2.32. The Morgan fingerprint density at radius 2 is 2.14 bits per heavy atom. The first-order valence-electron chi connectivity index (χ1n) is 6.52. The minimum atomic E-state index is -0.738. The summed E-state index contributed by atoms with van der Waals surface area (Å²) < 4.78 is 10.5. The van der Waals surface area contributed by atoms with E-state index in [1.165, 1.54) is 12.1 Å². The van der Waals surface area contributed by atoms with Gasteiger partial charge in [-0.1, -0.05) is 12.1 Å². The molecule has 1 atom stereocenters. The molecule has 0 radical (unpaired) electrons. The molecular formula is C16H12N2O4. The smallest absolute Gasteiger partial charge is 0.343 e. The van der Waals surface area contributed by atoms with Gasteiger partial charge in [-0.15, -0.1) is 0 Å². The zero-order chi connectivity index (χ0) is 15.9. The molecule has 0 fully saturated rings. The predicted molar refractivity (Wildman–Crippen MR) is 77.1 cm³/mol. The third-order valence-electron chi connectivity index (χ3n) is 3.46. The van der Waals surface area contributed by atoms with Crippen LogP contribution < -0.4 is 16.1 Å². The normalized spacial score (nSPS) is 16.6. The minimum absolute atomic E-state index is 0.0258. The van der Waals surface area contributed by atoms with Gasteiger partial charge in [0, 0.05) is 6.07 Å². The summed E-state index contributed by atoms with van der Waals surface area (Å²) in [6, 6.07) is 9.82. The lowest BCUT2D eigenvalue weighted by molar-refractivity contribution is 0.371. The SMILES string of the molecule is Cc1cc2c(c(=O)o1)[C@@H](c1cccc(O)c1)C(C#N)=C(N)O2. The third-order valence-corrected chi connectivity index (χ3v) is 3.46. The van der Waals surface area contributed by atoms with Gasteiger partial charge in [-0.25, -0.2) is 4.79 Å². The van der Waals surface area contributed by atoms with Gasteiger partial charge in [-0.2, -0.15) is 5.26 Å². The summed E-state index contributed by atoms with van der Waals surface area (Å²) >= 11 is 0. The van der Waals surface area contributed by atoms with E-state index < -0.39 is 11.5 Å². The number of nitrogens with zero attached hydrogens (tertiary/aromatic N) is 1. The highest BCUT2D eigenvalue weighted by Gasteiger charge is 2.34. The molecule has 0 saturated carbocycles. The van der Waals surface area contributed by atoms with Crippen molar-refractivity contribution >= 4 is 0 Å². The van der Waals surface area contributed by atoms with E-state index in [1.54, 1.807) is 25.1 Å². The molecule has 0 bridgehead atoms. The second kappa shape index (κ2) is 4.97. The van der Waals surface area contributed by atoms with E-state index in [0.29, 0.717) is 11.3 Å². The Bertz CT molecular complexity index is 890. The van der Waals surface area contributed by atoms with Crippen molar-refractivity contribution in [2.75, 3.05) is 0 Å². The Morgan fingerprint density at radius 3 is 2.82 bits per heavy atom. The molecule has 0 saturated heterocycles. The van der Waals surface area contributed by atoms with E-state index in [1.807, 2.05) is 6.07 Å². The fraction of sp³-hybridized carbons (Fsp3) is 0.125. The molecule has 3 rings (SSSR count). The van der Waals surface area contributed by atoms with Crippen molar-refractivity contribution in [2.45, 2.75) is 12.8 Å². The van der Waals surface area contributed by atoms with Crippen molar-refractivity contribution in [3.05, 3.63) is 69.1 Å². The zero-order valence-electron chi connectivity index (χ0n) is 11.7. The summed E-state index contributed by atoms with van der Waals surface area (Å²) in [6.07, 6.45) is 0. The lowest BCUT2D eigenvalue weighted by Crippen LogP contribution is -2.26. The zero-order valence-corrected chi connectivity index (χ0v) is 11.7. The second-order valence-corrected chi connectivity index (χ2v) is 4.94. The summed E-state index contributed by atoms with van der Waals surface area (Å²) in [4.78, 5) is 12.2. The second-order valence-electron chi connectivity index (χ2n) is 4.94. The van der Waals surface area contributed by atoms with Crippen LogP contribution in [-0.2, 0) is 0 Å². The number of hydrogen-bond donors (Lipinski definition) is 2. The first-order valence-corrected chi connectivity index (χ1v) is 6.52. The van der Waals surface area contributed by atoms with Crippen LogP contribution >= 0.6 is 0 Å². The number of aryl methyl sites for hydroxylation is 1. The highest BCUT2D eigenvalue weighted by atomic mass is 16.5. The quantitative estimate of drug-likeness (QED) is 0.831. The van der Waals surface area contributed by atoms with Crippen molar-refractivity contribution in [3.8, 4) is 17.6 Å². The van der Waals surface area contributed by atoms with E-state index >= 15 is 0 Å². The Kier molecular flexibility index (Phi) is 3.11. The molecule has 0 spiro atoms. The van der Waals surface area contributed by atoms with Gasteiger partial charge in [0.25, 0.3) is 0 Å². The standard InChI is InChI=1S/C16H12N2O4/c1-8-5-12-14(16(20)21-8)13(11(7-17)15(18)22-12)9-3-2-4-10(19)6-9/h2-6,13,19H,18H2,1H3/t13-/m0/s1. The van der Waals surface area contributed by atoms with E-state index in [0.717, 1.165) is 0 Å². The molecular weight excluding hydrogens is 284 g/mol. The van der Waals surface area contributed by atoms with Crippen LogP contribution in [0.2, 0.25) is 0 Å². The van der Waals surface area contributed by atoms with Crippen molar-refractivity contribution in [1.82, 2.24) is 0 Å². The van der Waals surface area contributed by atoms with Gasteiger partial charge in [-0.3, -0.25) is 0 Å². The molecule has 0 unspecified atom stereocenters. The fourth-order valence-electron chi connectivity index (χ4n) is 2.56. The number of hydrogen-bond acceptors (Lipinski definition) is 6. The molecule has 1 aromatic heterocycles. The molecule has 1 aliphatic rings. The number of nitriles is 1. The number of phenolic OH excluding ortho intramolecular Hbond substituents is 1. The highest BCUT2D eigenvalue weighted by molar-refractivity contribution is 5.55. The van der Waals surface area contributed by atoms with Gasteiger partial charge in [0.2, 0.25) is 5.88 Å². The van der Waals surface area contributed by atoms with E-state index in [-0.39, 0.29) is 28.5 Å². The Labute approximate surface area is 125 Å². The number of aromatic hydroxyl groups is 1. The number of nitrogens with two attached hydrogens (primary N) is 1. The number of ether oxygens (including phenoxy) is 1. The first-order chi connectivity index (χ1) is 10.5. The van der Waals surface area contributed by atoms with Crippen LogP contribution in [0.15, 0.2) is 51.0 Å². The monoisotopic (exact) mass is 296 g/mol. The average Bonchev–Trinajstić information content (AvgIpc) is 2.45. The number of phenols is 1. The molecule has 0 aliphatic carbocycles. The van der Waals surface area contributed by atoms with Gasteiger partial charge in [0.1, 0.15) is 28.9 Å². The van der Waals surface area contributed by atoms with Gasteiger partial charge < -0.3 is 20.0 Å². The first kappa shape index (κ1) is 13.8. The fourth-order valence-corrected chi connectivity index (χ4v) is 2.56. The van der Waals surface area contributed by atoms with Crippen molar-refractivity contribution in [1.29, 1.82) is 5.26 Å². The molecule has 2 aromatic rings. The molecule has 22 heavy (non-hydrogen) atoms. The Hall–Kier alpha value is -3.20. The summed E-state index contributed by atoms with van der Waals surface area (Å²) in [5, 5.41) is 19.0. The minimum Gasteiger partial charge on any atom is -0.508 e. The maximum absolute atomic E-state index is 12.2. The lowest BCUT2D eigenvalue weighted by atomic mass is 9.84. The van der Waals surface area contributed by atoms with Crippen LogP contribution in [0.1, 0.15) is 22.8 Å². The highest BCUT2D eigenvalue weighted by Crippen LogP contribution is 2.40. The largest absolute Gasteiger partial charge is 0.508 e. The molecule has 3 N–H and O–H groups in total. The van der Waals surface area contributed by atoms with Crippen LogP contribution in [0.4, 0.5) is 0 Å². The number of fused-ring (bicyclic) bond motifs is 1. The van der Waals surface area contributed by atoms with Crippen LogP contribution in [0.5, 0.6) is 11.5 Å². The maximum atomic E-state index is 12.2. The summed E-state index contributed by atoms with van der Waals surface area (Å²) in [5.41, 5.74) is 6.07. The van der Waals surface area contributed by atoms with Crippen molar-refractivity contribution < 1.29 is 14.3 Å². The summed E-state index contributed by atoms with van der Waals surface area (Å²) in [7, 11) is 0. The average molecular weight is 296 g/mol. The Morgan fingerprint density at radius 1 is 1.36 bits per heavy atom. The van der Waals surface area contributed by atoms with E-state index in [2.05, 4.69) is 0 Å². The molecule has 2 heterocycles. The van der Waals surface area contributed by atoms with E-state index in [4.69, 9.17) is 14.9 Å². The van der Waals surface area contributed by atoms with Gasteiger partial charge in [0.05, 0.1) is 11.5 Å². The molecule has 6 heteroatoms. The number of rotatable bonds is 1. The molecule has 0 amide bonds. The molecule has 110 valence electrons. The summed E-state index contributed by atoms with van der Waals surface area (Å²) in [5.74, 6) is -0.130. The van der Waals surface area contributed by atoms with Gasteiger partial charge in [-0.05, 0) is 24.6 Å². The van der Waals surface area contributed by atoms with Crippen LogP contribution in [-0.4, -0.2) is 5.11 Å². The van der Waals surface area contributed by atoms with Gasteiger partial charge >= 0.3 is 5.63 Å². The van der Waals surface area contributed by atoms with Crippen molar-refractivity contribution in [2.24, 2.45) is 5.73 Å². The molecule has 6 nitrogen and oxygen atoms in total. The molecule has 1 aliphatic heterocycles. The van der Waals surface area contributed by atoms with Crippen molar-refractivity contribution in [3.63, 3.8) is 0 Å². The maximum Gasteiger partial charge on any atom is 0.343 e. The number of benzene rings is 1. The molecule has 1 aromatic carbocycles.